The summed E-state index contributed by atoms with van der Waals surface area (Å²) in [6.07, 6.45) is 81.6. The lowest BCUT2D eigenvalue weighted by molar-refractivity contribution is -0.167. The molecule has 0 rings (SSSR count). The zero-order chi connectivity index (χ0) is 55.7. The second-order valence-electron chi connectivity index (χ2n) is 23.4. The monoisotopic (exact) mass is 1080 g/mol. The van der Waals surface area contributed by atoms with Crippen molar-refractivity contribution in [3.63, 3.8) is 0 Å². The van der Waals surface area contributed by atoms with Crippen LogP contribution in [0.2, 0.25) is 0 Å². The fourth-order valence-electron chi connectivity index (χ4n) is 10.4. The van der Waals surface area contributed by atoms with E-state index in [0.29, 0.717) is 19.3 Å². The van der Waals surface area contributed by atoms with Crippen molar-refractivity contribution in [2.24, 2.45) is 0 Å². The van der Waals surface area contributed by atoms with E-state index in [1.54, 1.807) is 0 Å². The number of hydrogen-bond donors (Lipinski definition) is 0. The van der Waals surface area contributed by atoms with Crippen molar-refractivity contribution in [3.8, 4) is 0 Å². The van der Waals surface area contributed by atoms with Crippen LogP contribution in [0, 0.1) is 0 Å². The third-order valence-corrected chi connectivity index (χ3v) is 15.6. The van der Waals surface area contributed by atoms with Gasteiger partial charge in [0, 0.05) is 19.3 Å². The Bertz CT molecular complexity index is 1290. The molecular formula is C71H132O6. The average Bonchev–Trinajstić information content (AvgIpc) is 3.43. The molecule has 0 spiro atoms. The van der Waals surface area contributed by atoms with E-state index >= 15 is 0 Å². The first-order valence-corrected chi connectivity index (χ1v) is 34.5. The van der Waals surface area contributed by atoms with Gasteiger partial charge in [-0.3, -0.25) is 14.4 Å². The molecule has 0 aliphatic rings. The van der Waals surface area contributed by atoms with Gasteiger partial charge >= 0.3 is 17.9 Å². The van der Waals surface area contributed by atoms with Crippen molar-refractivity contribution < 1.29 is 28.6 Å². The molecule has 0 saturated carbocycles. The predicted octanol–water partition coefficient (Wildman–Crippen LogP) is 23.6. The lowest BCUT2D eigenvalue weighted by Crippen LogP contribution is -2.30. The Labute approximate surface area is 480 Å². The summed E-state index contributed by atoms with van der Waals surface area (Å²) in [4.78, 5) is 38.4. The molecular weight excluding hydrogens is 949 g/mol. The highest BCUT2D eigenvalue weighted by Crippen LogP contribution is 2.18. The van der Waals surface area contributed by atoms with Gasteiger partial charge in [0.15, 0.2) is 6.10 Å². The summed E-state index contributed by atoms with van der Waals surface area (Å²) in [5.74, 6) is -0.851. The second-order valence-corrected chi connectivity index (χ2v) is 23.4. The standard InChI is InChI=1S/C71H132O6/c1-4-7-10-13-16-19-22-25-28-31-33-34-35-36-38-40-43-46-49-52-55-58-61-64-70(73)76-67-68(66-75-69(72)63-60-57-54-51-48-45-42-39-30-27-24-21-18-15-12-9-6-3)77-71(74)65-62-59-56-53-50-47-44-41-37-32-29-26-23-20-17-14-11-8-5-2/h17,20,26-27,29-30,68H,4-16,18-19,21-25,28,31-67H2,1-3H3/b20-17-,29-26-,30-27-. The van der Waals surface area contributed by atoms with Crippen LogP contribution >= 0.6 is 0 Å². The largest absolute Gasteiger partial charge is 0.462 e. The van der Waals surface area contributed by atoms with E-state index in [4.69, 9.17) is 14.2 Å². The van der Waals surface area contributed by atoms with Crippen molar-refractivity contribution in [1.29, 1.82) is 0 Å². The maximum atomic E-state index is 12.9. The van der Waals surface area contributed by atoms with Gasteiger partial charge in [0.05, 0.1) is 0 Å². The minimum atomic E-state index is -0.775. The summed E-state index contributed by atoms with van der Waals surface area (Å²) in [7, 11) is 0. The molecule has 0 aromatic rings. The Kier molecular flexibility index (Phi) is 64.1. The van der Waals surface area contributed by atoms with E-state index in [1.165, 1.54) is 276 Å². The first-order chi connectivity index (χ1) is 38.0. The molecule has 0 fully saturated rings. The Morgan fingerprint density at radius 3 is 0.753 bits per heavy atom. The highest BCUT2D eigenvalue weighted by Gasteiger charge is 2.19. The topological polar surface area (TPSA) is 78.9 Å². The molecule has 0 aliphatic heterocycles. The van der Waals surface area contributed by atoms with Gasteiger partial charge in [0.1, 0.15) is 13.2 Å². The molecule has 77 heavy (non-hydrogen) atoms. The second kappa shape index (κ2) is 66.1. The van der Waals surface area contributed by atoms with E-state index in [1.807, 2.05) is 0 Å². The minimum Gasteiger partial charge on any atom is -0.462 e. The van der Waals surface area contributed by atoms with Crippen LogP contribution < -0.4 is 0 Å². The first-order valence-electron chi connectivity index (χ1n) is 34.5. The third-order valence-electron chi connectivity index (χ3n) is 15.6. The molecule has 452 valence electrons. The van der Waals surface area contributed by atoms with E-state index in [9.17, 15) is 14.4 Å². The smallest absolute Gasteiger partial charge is 0.306 e. The summed E-state index contributed by atoms with van der Waals surface area (Å²) >= 11 is 0. The number of rotatable bonds is 64. The summed E-state index contributed by atoms with van der Waals surface area (Å²) in [5, 5.41) is 0. The molecule has 0 amide bonds. The molecule has 0 heterocycles. The van der Waals surface area contributed by atoms with Gasteiger partial charge < -0.3 is 14.2 Å². The quantitative estimate of drug-likeness (QED) is 0.0261. The van der Waals surface area contributed by atoms with Crippen LogP contribution in [0.5, 0.6) is 0 Å². The van der Waals surface area contributed by atoms with Crippen LogP contribution in [-0.4, -0.2) is 37.2 Å². The maximum absolute atomic E-state index is 12.9. The fourth-order valence-corrected chi connectivity index (χ4v) is 10.4. The van der Waals surface area contributed by atoms with Crippen molar-refractivity contribution in [1.82, 2.24) is 0 Å². The Morgan fingerprint density at radius 1 is 0.260 bits per heavy atom. The van der Waals surface area contributed by atoms with Gasteiger partial charge in [-0.1, -0.05) is 320 Å². The third kappa shape index (κ3) is 64.3. The lowest BCUT2D eigenvalue weighted by Gasteiger charge is -2.18. The van der Waals surface area contributed by atoms with E-state index < -0.39 is 6.10 Å². The number of esters is 3. The zero-order valence-electron chi connectivity index (χ0n) is 52.0. The predicted molar refractivity (Wildman–Crippen MR) is 335 cm³/mol. The summed E-state index contributed by atoms with van der Waals surface area (Å²) in [6, 6.07) is 0. The highest BCUT2D eigenvalue weighted by atomic mass is 16.6. The molecule has 0 N–H and O–H groups in total. The van der Waals surface area contributed by atoms with Gasteiger partial charge in [-0.05, 0) is 77.0 Å². The molecule has 6 nitrogen and oxygen atoms in total. The van der Waals surface area contributed by atoms with E-state index in [0.717, 1.165) is 64.2 Å². The Morgan fingerprint density at radius 2 is 0.468 bits per heavy atom. The van der Waals surface area contributed by atoms with E-state index in [-0.39, 0.29) is 31.1 Å². The molecule has 0 bridgehead atoms. The Hall–Kier alpha value is -2.37. The highest BCUT2D eigenvalue weighted by molar-refractivity contribution is 5.71. The van der Waals surface area contributed by atoms with Crippen LogP contribution in [-0.2, 0) is 28.6 Å². The Balaban J connectivity index is 4.30. The molecule has 0 saturated heterocycles. The number of unbranched alkanes of at least 4 members (excludes halogenated alkanes) is 47. The van der Waals surface area contributed by atoms with Crippen LogP contribution in [0.4, 0.5) is 0 Å². The summed E-state index contributed by atoms with van der Waals surface area (Å²) in [6.45, 7) is 6.68. The normalized spacial score (nSPS) is 12.2. The van der Waals surface area contributed by atoms with Crippen molar-refractivity contribution in [2.75, 3.05) is 13.2 Å². The summed E-state index contributed by atoms with van der Waals surface area (Å²) in [5.41, 5.74) is 0. The lowest BCUT2D eigenvalue weighted by atomic mass is 10.0. The number of ether oxygens (including phenoxy) is 3. The molecule has 0 aliphatic carbocycles. The minimum absolute atomic E-state index is 0.0705. The molecule has 0 aromatic carbocycles. The van der Waals surface area contributed by atoms with Crippen molar-refractivity contribution >= 4 is 17.9 Å². The SMILES string of the molecule is CCCCC/C=C\C/C=C\CCCCCCCCCCCC(=O)OC(COC(=O)CCCCCCCCC/C=C\CCCCCCCC)COC(=O)CCCCCCCCCCCCCCCCCCCCCCCCC. The molecule has 1 atom stereocenters. The van der Waals surface area contributed by atoms with Gasteiger partial charge in [-0.2, -0.15) is 0 Å². The zero-order valence-corrected chi connectivity index (χ0v) is 52.0. The van der Waals surface area contributed by atoms with Gasteiger partial charge in [0.25, 0.3) is 0 Å². The number of carbonyl (C=O) groups excluding carboxylic acids is 3. The molecule has 0 aromatic heterocycles. The maximum Gasteiger partial charge on any atom is 0.306 e. The van der Waals surface area contributed by atoms with Gasteiger partial charge in [-0.15, -0.1) is 0 Å². The van der Waals surface area contributed by atoms with E-state index in [2.05, 4.69) is 57.2 Å². The fraction of sp³-hybridized carbons (Fsp3) is 0.873. The van der Waals surface area contributed by atoms with Crippen molar-refractivity contribution in [3.05, 3.63) is 36.5 Å². The van der Waals surface area contributed by atoms with Crippen LogP contribution in [0.1, 0.15) is 380 Å². The number of allylic oxidation sites excluding steroid dienone is 6. The van der Waals surface area contributed by atoms with Gasteiger partial charge in [0.2, 0.25) is 0 Å². The number of carbonyl (C=O) groups is 3. The van der Waals surface area contributed by atoms with Crippen LogP contribution in [0.25, 0.3) is 0 Å². The molecule has 6 heteroatoms. The van der Waals surface area contributed by atoms with Crippen molar-refractivity contribution in [2.45, 2.75) is 386 Å². The van der Waals surface area contributed by atoms with Crippen LogP contribution in [0.3, 0.4) is 0 Å². The molecule has 1 unspecified atom stereocenters. The average molecular weight is 1080 g/mol. The first kappa shape index (κ1) is 74.6. The molecule has 0 radical (unpaired) electrons. The van der Waals surface area contributed by atoms with Gasteiger partial charge in [-0.25, -0.2) is 0 Å². The number of hydrogen-bond acceptors (Lipinski definition) is 6. The summed E-state index contributed by atoms with van der Waals surface area (Å²) < 4.78 is 17.0. The van der Waals surface area contributed by atoms with Crippen LogP contribution in [0.15, 0.2) is 36.5 Å².